The van der Waals surface area contributed by atoms with E-state index in [2.05, 4.69) is 4.98 Å². The van der Waals surface area contributed by atoms with E-state index >= 15 is 0 Å². The van der Waals surface area contributed by atoms with Crippen LogP contribution >= 0.6 is 0 Å². The van der Waals surface area contributed by atoms with Gasteiger partial charge in [0.1, 0.15) is 5.60 Å². The number of carbonyl (C=O) groups excluding carboxylic acids is 1. The molecule has 1 amide bonds. The van der Waals surface area contributed by atoms with Gasteiger partial charge in [0.05, 0.1) is 12.0 Å². The predicted molar refractivity (Wildman–Crippen MR) is 99.7 cm³/mol. The first kappa shape index (κ1) is 23.7. The molecular weight excluding hydrogens is 355 g/mol. The van der Waals surface area contributed by atoms with Crippen molar-refractivity contribution in [2.24, 2.45) is 11.8 Å². The molecule has 0 saturated carbocycles. The van der Waals surface area contributed by atoms with E-state index < -0.39 is 23.6 Å². The van der Waals surface area contributed by atoms with Gasteiger partial charge in [-0.1, -0.05) is 18.2 Å². The molecule has 27 heavy (non-hydrogen) atoms. The first-order chi connectivity index (χ1) is 12.2. The predicted octanol–water partition coefficient (Wildman–Crippen LogP) is 1.16. The number of carboxylic acids is 1. The second-order valence-electron chi connectivity index (χ2n) is 7.61. The third-order valence-electron chi connectivity index (χ3n) is 4.56. The topological polar surface area (TPSA) is 79.7 Å². The quantitative estimate of drug-likeness (QED) is 0.609. The number of rotatable bonds is 5. The van der Waals surface area contributed by atoms with Gasteiger partial charge in [0, 0.05) is 18.9 Å². The van der Waals surface area contributed by atoms with Gasteiger partial charge >= 0.3 is 41.6 Å². The zero-order valence-electron chi connectivity index (χ0n) is 17.9. The number of hydrogen-bond acceptors (Lipinski definition) is 4. The molecule has 2 rings (SSSR count). The summed E-state index contributed by atoms with van der Waals surface area (Å²) in [5.74, 6) is -1.60. The first-order valence-corrected chi connectivity index (χ1v) is 8.98. The Labute approximate surface area is 184 Å². The summed E-state index contributed by atoms with van der Waals surface area (Å²) in [4.78, 5) is 30.4. The normalized spacial score (nSPS) is 21.0. The second-order valence-corrected chi connectivity index (χ2v) is 7.61. The number of amides is 1. The number of likely N-dealkylation sites (tertiary alicyclic amines) is 1. The van der Waals surface area contributed by atoms with Crippen LogP contribution in [0.15, 0.2) is 36.7 Å². The van der Waals surface area contributed by atoms with Gasteiger partial charge in [0.15, 0.2) is 0 Å². The number of nitrogens with zero attached hydrogens (tertiary/aromatic N) is 2. The van der Waals surface area contributed by atoms with E-state index in [1.165, 1.54) is 0 Å². The summed E-state index contributed by atoms with van der Waals surface area (Å²) in [6.07, 6.45) is 7.74. The molecule has 7 heteroatoms. The molecule has 0 spiro atoms. The molecule has 1 aliphatic rings. The standard InChI is InChI=1S/C20H28N2O4.Na.H/c1-5-6-9-16(18(23)24)15-10-12-22(19(25)26-20(2,3)4)17(15)14-8-7-11-21-13-14;;/h5-8,11,13,15-17H,9-10,12H2,1-4H3,(H,23,24);;/q;+1;-1/b6-5-;;/t15-,16?,17+;;/m0../s1. The van der Waals surface area contributed by atoms with Crippen molar-refractivity contribution in [3.05, 3.63) is 42.2 Å². The molecule has 6 nitrogen and oxygen atoms in total. The largest absolute Gasteiger partial charge is 1.00 e. The summed E-state index contributed by atoms with van der Waals surface area (Å²) >= 11 is 0. The monoisotopic (exact) mass is 384 g/mol. The maximum Gasteiger partial charge on any atom is 1.00 e. The van der Waals surface area contributed by atoms with Crippen LogP contribution in [-0.2, 0) is 9.53 Å². The summed E-state index contributed by atoms with van der Waals surface area (Å²) in [6, 6.07) is 3.34. The third-order valence-corrected chi connectivity index (χ3v) is 4.56. The number of carboxylic acid groups (broad SMARTS) is 1. The van der Waals surface area contributed by atoms with Crippen LogP contribution in [0.25, 0.3) is 0 Å². The molecule has 1 saturated heterocycles. The van der Waals surface area contributed by atoms with Crippen molar-refractivity contribution in [3.8, 4) is 0 Å². The summed E-state index contributed by atoms with van der Waals surface area (Å²) in [5.41, 5.74) is 0.235. The summed E-state index contributed by atoms with van der Waals surface area (Å²) < 4.78 is 5.55. The van der Waals surface area contributed by atoms with Crippen molar-refractivity contribution in [3.63, 3.8) is 0 Å². The zero-order chi connectivity index (χ0) is 19.3. The van der Waals surface area contributed by atoms with Crippen molar-refractivity contribution < 1.29 is 50.4 Å². The van der Waals surface area contributed by atoms with Crippen LogP contribution < -0.4 is 29.6 Å². The molecule has 2 heterocycles. The van der Waals surface area contributed by atoms with Crippen LogP contribution in [0.2, 0.25) is 0 Å². The molecule has 1 aromatic heterocycles. The summed E-state index contributed by atoms with van der Waals surface area (Å²) in [5, 5.41) is 9.75. The van der Waals surface area contributed by atoms with E-state index in [1.54, 1.807) is 23.4 Å². The van der Waals surface area contributed by atoms with E-state index in [4.69, 9.17) is 4.74 Å². The number of allylic oxidation sites excluding steroid dienone is 2. The van der Waals surface area contributed by atoms with Gasteiger partial charge in [-0.05, 0) is 58.1 Å². The zero-order valence-corrected chi connectivity index (χ0v) is 18.9. The van der Waals surface area contributed by atoms with Crippen LogP contribution in [0.3, 0.4) is 0 Å². The number of pyridine rings is 1. The fraction of sp³-hybridized carbons (Fsp3) is 0.550. The number of hydrogen-bond donors (Lipinski definition) is 1. The van der Waals surface area contributed by atoms with Crippen molar-refractivity contribution >= 4 is 12.1 Å². The molecule has 0 aromatic carbocycles. The molecule has 0 bridgehead atoms. The Balaban J connectivity index is 0.00000364. The fourth-order valence-electron chi connectivity index (χ4n) is 3.48. The first-order valence-electron chi connectivity index (χ1n) is 8.98. The second kappa shape index (κ2) is 10.2. The molecule has 0 radical (unpaired) electrons. The summed E-state index contributed by atoms with van der Waals surface area (Å²) in [6.45, 7) is 7.81. The molecule has 3 atom stereocenters. The molecule has 1 N–H and O–H groups in total. The molecule has 1 aliphatic heterocycles. The van der Waals surface area contributed by atoms with Gasteiger partial charge in [-0.2, -0.15) is 0 Å². The van der Waals surface area contributed by atoms with Crippen LogP contribution in [0, 0.1) is 11.8 Å². The number of aromatic nitrogens is 1. The minimum atomic E-state index is -0.840. The Bertz CT molecular complexity index is 664. The number of carbonyl (C=O) groups is 2. The Hall–Kier alpha value is -1.37. The van der Waals surface area contributed by atoms with Crippen LogP contribution in [0.4, 0.5) is 4.79 Å². The van der Waals surface area contributed by atoms with Gasteiger partial charge in [-0.15, -0.1) is 0 Å². The van der Waals surface area contributed by atoms with Crippen molar-refractivity contribution in [2.75, 3.05) is 6.54 Å². The summed E-state index contributed by atoms with van der Waals surface area (Å²) in [7, 11) is 0. The van der Waals surface area contributed by atoms with E-state index in [0.717, 1.165) is 5.56 Å². The fourth-order valence-corrected chi connectivity index (χ4v) is 3.48. The Kier molecular flexibility index (Phi) is 8.99. The smallest absolute Gasteiger partial charge is 1.00 e. The molecule has 1 fully saturated rings. The molecule has 0 aliphatic carbocycles. The van der Waals surface area contributed by atoms with Crippen LogP contribution in [-0.4, -0.2) is 39.2 Å². The van der Waals surface area contributed by atoms with Crippen molar-refractivity contribution in [1.29, 1.82) is 0 Å². The molecule has 1 aromatic rings. The van der Waals surface area contributed by atoms with E-state index in [1.807, 2.05) is 45.9 Å². The minimum absolute atomic E-state index is 0. The van der Waals surface area contributed by atoms with Gasteiger partial charge in [-0.25, -0.2) is 4.79 Å². The van der Waals surface area contributed by atoms with E-state index in [-0.39, 0.29) is 42.9 Å². The van der Waals surface area contributed by atoms with Gasteiger partial charge < -0.3 is 16.2 Å². The number of aliphatic carboxylic acids is 1. The maximum atomic E-state index is 12.7. The van der Waals surface area contributed by atoms with Crippen LogP contribution in [0.1, 0.15) is 53.6 Å². The van der Waals surface area contributed by atoms with Crippen molar-refractivity contribution in [2.45, 2.75) is 52.2 Å². The van der Waals surface area contributed by atoms with Gasteiger partial charge in [0.25, 0.3) is 0 Å². The average molecular weight is 384 g/mol. The van der Waals surface area contributed by atoms with E-state index in [9.17, 15) is 14.7 Å². The minimum Gasteiger partial charge on any atom is -1.00 e. The molecule has 1 unspecified atom stereocenters. The van der Waals surface area contributed by atoms with E-state index in [0.29, 0.717) is 19.4 Å². The maximum absolute atomic E-state index is 12.7. The molecular formula is C20H29N2NaO4. The SMILES string of the molecule is C/C=C\CC(C(=O)O)[C@@H]1CCN(C(=O)OC(C)(C)C)[C@@H]1c1cccnc1.[H-].[Na+]. The Morgan fingerprint density at radius 3 is 2.70 bits per heavy atom. The van der Waals surface area contributed by atoms with Gasteiger partial charge in [0.2, 0.25) is 0 Å². The number of ether oxygens (including phenoxy) is 1. The Morgan fingerprint density at radius 2 is 2.19 bits per heavy atom. The van der Waals surface area contributed by atoms with Gasteiger partial charge in [-0.3, -0.25) is 9.78 Å². The average Bonchev–Trinajstić information content (AvgIpc) is 2.99. The molecule has 144 valence electrons. The third kappa shape index (κ3) is 6.33. The Morgan fingerprint density at radius 1 is 1.48 bits per heavy atom. The van der Waals surface area contributed by atoms with Crippen molar-refractivity contribution in [1.82, 2.24) is 9.88 Å². The van der Waals surface area contributed by atoms with Crippen LogP contribution in [0.5, 0.6) is 0 Å².